The van der Waals surface area contributed by atoms with Crippen LogP contribution in [0.2, 0.25) is 0 Å². The molecule has 1 atom stereocenters. The molecule has 0 aromatic carbocycles. The monoisotopic (exact) mass is 237 g/mol. The molecule has 0 amide bonds. The van der Waals surface area contributed by atoms with Crippen LogP contribution in [0.15, 0.2) is 0 Å². The Morgan fingerprint density at radius 3 is 2.53 bits per heavy atom. The zero-order valence-corrected chi connectivity index (χ0v) is 10.8. The van der Waals surface area contributed by atoms with Gasteiger partial charge in [-0.3, -0.25) is 0 Å². The number of nitrogens with one attached hydrogen (secondary N) is 1. The van der Waals surface area contributed by atoms with Crippen LogP contribution in [0.5, 0.6) is 0 Å². The van der Waals surface area contributed by atoms with Crippen LogP contribution in [0, 0.1) is 0 Å². The van der Waals surface area contributed by atoms with Gasteiger partial charge in [-0.2, -0.15) is 0 Å². The number of rotatable bonds is 9. The van der Waals surface area contributed by atoms with Crippen molar-refractivity contribution in [1.82, 2.24) is 5.32 Å². The molecule has 0 aliphatic rings. The van der Waals surface area contributed by atoms with E-state index in [0.29, 0.717) is 0 Å². The van der Waals surface area contributed by atoms with Crippen LogP contribution in [0.1, 0.15) is 26.7 Å². The molecule has 0 bridgehead atoms. The normalized spacial score (nSPS) is 14.1. The highest BCUT2D eigenvalue weighted by atomic mass is 32.2. The highest BCUT2D eigenvalue weighted by Crippen LogP contribution is 1.95. The molecule has 0 spiro atoms. The quantitative estimate of drug-likeness (QED) is 0.603. The Kier molecular flexibility index (Phi) is 8.00. The fourth-order valence-corrected chi connectivity index (χ4v) is 2.39. The Labute approximate surface area is 93.3 Å². The van der Waals surface area contributed by atoms with Crippen LogP contribution in [0.4, 0.5) is 0 Å². The smallest absolute Gasteiger partial charge is 0.151 e. The Morgan fingerprint density at radius 2 is 2.00 bits per heavy atom. The maximum absolute atomic E-state index is 11.3. The van der Waals surface area contributed by atoms with E-state index in [0.717, 1.165) is 26.0 Å². The van der Waals surface area contributed by atoms with Gasteiger partial charge in [-0.05, 0) is 26.3 Å². The summed E-state index contributed by atoms with van der Waals surface area (Å²) in [6.07, 6.45) is 2.03. The average Bonchev–Trinajstić information content (AvgIpc) is 2.17. The lowest BCUT2D eigenvalue weighted by atomic mass is 10.3. The SMILES string of the molecule is CCS(=O)(=O)CC(C)NCCCCOC. The predicted molar refractivity (Wildman–Crippen MR) is 62.9 cm³/mol. The van der Waals surface area contributed by atoms with E-state index in [-0.39, 0.29) is 17.5 Å². The molecule has 0 aromatic heterocycles. The summed E-state index contributed by atoms with van der Waals surface area (Å²) in [6.45, 7) is 5.21. The number of sulfone groups is 1. The van der Waals surface area contributed by atoms with E-state index < -0.39 is 9.84 Å². The van der Waals surface area contributed by atoms with Crippen molar-refractivity contribution in [3.8, 4) is 0 Å². The van der Waals surface area contributed by atoms with Gasteiger partial charge in [0.1, 0.15) is 0 Å². The molecule has 0 fully saturated rings. The molecule has 0 aliphatic heterocycles. The molecule has 0 saturated heterocycles. The second-order valence-electron chi connectivity index (χ2n) is 3.75. The minimum atomic E-state index is -2.85. The van der Waals surface area contributed by atoms with Crippen molar-refractivity contribution >= 4 is 9.84 Å². The van der Waals surface area contributed by atoms with Gasteiger partial charge in [-0.15, -0.1) is 0 Å². The van der Waals surface area contributed by atoms with Crippen LogP contribution < -0.4 is 5.32 Å². The molecule has 4 nitrogen and oxygen atoms in total. The first-order valence-corrected chi connectivity index (χ1v) is 7.26. The molecule has 0 radical (unpaired) electrons. The van der Waals surface area contributed by atoms with Gasteiger partial charge < -0.3 is 10.1 Å². The summed E-state index contributed by atoms with van der Waals surface area (Å²) in [6, 6.07) is 0.0393. The first-order chi connectivity index (χ1) is 7.02. The van der Waals surface area contributed by atoms with E-state index in [4.69, 9.17) is 4.74 Å². The molecule has 92 valence electrons. The summed E-state index contributed by atoms with van der Waals surface area (Å²) < 4.78 is 27.5. The molecule has 0 aliphatic carbocycles. The van der Waals surface area contributed by atoms with E-state index >= 15 is 0 Å². The summed E-state index contributed by atoms with van der Waals surface area (Å²) in [4.78, 5) is 0. The average molecular weight is 237 g/mol. The van der Waals surface area contributed by atoms with Crippen molar-refractivity contribution < 1.29 is 13.2 Å². The van der Waals surface area contributed by atoms with Gasteiger partial charge in [-0.1, -0.05) is 6.92 Å². The molecule has 0 aromatic rings. The number of methoxy groups -OCH3 is 1. The molecule has 0 rings (SSSR count). The molecule has 1 unspecified atom stereocenters. The van der Waals surface area contributed by atoms with E-state index in [1.165, 1.54) is 0 Å². The lowest BCUT2D eigenvalue weighted by Gasteiger charge is -2.13. The van der Waals surface area contributed by atoms with Crippen molar-refractivity contribution in [1.29, 1.82) is 0 Å². The fraction of sp³-hybridized carbons (Fsp3) is 1.00. The van der Waals surface area contributed by atoms with Crippen LogP contribution in [0.25, 0.3) is 0 Å². The van der Waals surface area contributed by atoms with Crippen molar-refractivity contribution in [2.45, 2.75) is 32.7 Å². The van der Waals surface area contributed by atoms with Crippen LogP contribution in [-0.2, 0) is 14.6 Å². The van der Waals surface area contributed by atoms with E-state index in [2.05, 4.69) is 5.32 Å². The molecule has 1 N–H and O–H groups in total. The largest absolute Gasteiger partial charge is 0.385 e. The molecule has 5 heteroatoms. The zero-order chi connectivity index (χ0) is 11.7. The number of hydrogen-bond acceptors (Lipinski definition) is 4. The lowest BCUT2D eigenvalue weighted by Crippen LogP contribution is -2.34. The first-order valence-electron chi connectivity index (χ1n) is 5.44. The van der Waals surface area contributed by atoms with Crippen LogP contribution in [0.3, 0.4) is 0 Å². The topological polar surface area (TPSA) is 55.4 Å². The zero-order valence-electron chi connectivity index (χ0n) is 9.95. The standard InChI is InChI=1S/C10H23NO3S/c1-4-15(12,13)9-10(2)11-7-5-6-8-14-3/h10-11H,4-9H2,1-3H3. The molecular formula is C10H23NO3S. The summed E-state index contributed by atoms with van der Waals surface area (Å²) >= 11 is 0. The maximum Gasteiger partial charge on any atom is 0.151 e. The Hall–Kier alpha value is -0.130. The van der Waals surface area contributed by atoms with E-state index in [9.17, 15) is 8.42 Å². The highest BCUT2D eigenvalue weighted by Gasteiger charge is 2.12. The van der Waals surface area contributed by atoms with E-state index in [1.807, 2.05) is 6.92 Å². The van der Waals surface area contributed by atoms with Crippen LogP contribution in [-0.4, -0.2) is 46.2 Å². The first kappa shape index (κ1) is 14.9. The van der Waals surface area contributed by atoms with Gasteiger partial charge in [0.25, 0.3) is 0 Å². The lowest BCUT2D eigenvalue weighted by molar-refractivity contribution is 0.192. The minimum absolute atomic E-state index is 0.0393. The van der Waals surface area contributed by atoms with Crippen molar-refractivity contribution in [2.24, 2.45) is 0 Å². The second kappa shape index (κ2) is 8.07. The van der Waals surface area contributed by atoms with Gasteiger partial charge in [0, 0.05) is 25.5 Å². The molecule has 15 heavy (non-hydrogen) atoms. The molecular weight excluding hydrogens is 214 g/mol. The van der Waals surface area contributed by atoms with Gasteiger partial charge in [0.15, 0.2) is 9.84 Å². The van der Waals surface area contributed by atoms with Gasteiger partial charge in [0.2, 0.25) is 0 Å². The second-order valence-corrected chi connectivity index (χ2v) is 6.15. The third kappa shape index (κ3) is 8.84. The summed E-state index contributed by atoms with van der Waals surface area (Å²) in [7, 11) is -1.17. The fourth-order valence-electron chi connectivity index (χ4n) is 1.28. The van der Waals surface area contributed by atoms with Gasteiger partial charge in [-0.25, -0.2) is 8.42 Å². The molecule has 0 heterocycles. The summed E-state index contributed by atoms with van der Waals surface area (Å²) in [5, 5.41) is 3.20. The number of ether oxygens (including phenoxy) is 1. The van der Waals surface area contributed by atoms with Crippen molar-refractivity contribution in [2.75, 3.05) is 31.8 Å². The van der Waals surface area contributed by atoms with Crippen molar-refractivity contribution in [3.63, 3.8) is 0 Å². The Bertz CT molecular complexity index is 239. The summed E-state index contributed by atoms with van der Waals surface area (Å²) in [5.41, 5.74) is 0. The van der Waals surface area contributed by atoms with E-state index in [1.54, 1.807) is 14.0 Å². The third-order valence-corrected chi connectivity index (χ3v) is 4.10. The van der Waals surface area contributed by atoms with Gasteiger partial charge >= 0.3 is 0 Å². The van der Waals surface area contributed by atoms with Gasteiger partial charge in [0.05, 0.1) is 5.75 Å². The molecule has 0 saturated carbocycles. The minimum Gasteiger partial charge on any atom is -0.385 e. The Morgan fingerprint density at radius 1 is 1.33 bits per heavy atom. The summed E-state index contributed by atoms with van der Waals surface area (Å²) in [5.74, 6) is 0.455. The number of unbranched alkanes of at least 4 members (excludes halogenated alkanes) is 1. The predicted octanol–water partition coefficient (Wildman–Crippen LogP) is 0.826. The third-order valence-electron chi connectivity index (χ3n) is 2.21. The van der Waals surface area contributed by atoms with Crippen LogP contribution >= 0.6 is 0 Å². The maximum atomic E-state index is 11.3. The highest BCUT2D eigenvalue weighted by molar-refractivity contribution is 7.91. The Balaban J connectivity index is 3.54. The van der Waals surface area contributed by atoms with Crippen molar-refractivity contribution in [3.05, 3.63) is 0 Å². The number of hydrogen-bond donors (Lipinski definition) is 1.